The first-order valence-corrected chi connectivity index (χ1v) is 6.58. The van der Waals surface area contributed by atoms with Gasteiger partial charge in [-0.25, -0.2) is 0 Å². The van der Waals surface area contributed by atoms with Gasteiger partial charge in [0.25, 0.3) is 0 Å². The summed E-state index contributed by atoms with van der Waals surface area (Å²) in [5.74, 6) is 0.593. The van der Waals surface area contributed by atoms with Gasteiger partial charge in [0.15, 0.2) is 0 Å². The summed E-state index contributed by atoms with van der Waals surface area (Å²) in [6.07, 6.45) is 8.42. The molecule has 0 amide bonds. The summed E-state index contributed by atoms with van der Waals surface area (Å²) in [7, 11) is 0. The second-order valence-electron chi connectivity index (χ2n) is 4.99. The van der Waals surface area contributed by atoms with Crippen molar-refractivity contribution < 1.29 is 5.11 Å². The summed E-state index contributed by atoms with van der Waals surface area (Å²) in [6, 6.07) is 10.7. The highest BCUT2D eigenvalue weighted by Crippen LogP contribution is 2.29. The van der Waals surface area contributed by atoms with Crippen molar-refractivity contribution in [3.05, 3.63) is 35.9 Å². The molecule has 0 bridgehead atoms. The highest BCUT2D eigenvalue weighted by molar-refractivity contribution is 5.14. The van der Waals surface area contributed by atoms with Crippen molar-refractivity contribution in [1.29, 1.82) is 0 Å². The minimum Gasteiger partial charge on any atom is -0.393 e. The molecule has 1 N–H and O–H groups in total. The van der Waals surface area contributed by atoms with Crippen LogP contribution in [0, 0.1) is 5.92 Å². The Balaban J connectivity index is 1.62. The second kappa shape index (κ2) is 6.05. The highest BCUT2D eigenvalue weighted by atomic mass is 16.3. The van der Waals surface area contributed by atoms with E-state index < -0.39 is 0 Å². The molecular weight excluding hydrogens is 196 g/mol. The van der Waals surface area contributed by atoms with Gasteiger partial charge in [-0.2, -0.15) is 0 Å². The molecule has 16 heavy (non-hydrogen) atoms. The SMILES string of the molecule is OC1CCCC1CCCCc1ccccc1. The van der Waals surface area contributed by atoms with E-state index in [-0.39, 0.29) is 6.10 Å². The number of benzene rings is 1. The largest absolute Gasteiger partial charge is 0.393 e. The number of aliphatic hydroxyl groups is 1. The summed E-state index contributed by atoms with van der Waals surface area (Å²) >= 11 is 0. The predicted octanol–water partition coefficient (Wildman–Crippen LogP) is 3.56. The lowest BCUT2D eigenvalue weighted by molar-refractivity contribution is 0.126. The number of unbranched alkanes of at least 4 members (excludes halogenated alkanes) is 1. The Kier molecular flexibility index (Phi) is 4.41. The molecule has 1 aromatic rings. The summed E-state index contributed by atoms with van der Waals surface area (Å²) in [5.41, 5.74) is 1.44. The lowest BCUT2D eigenvalue weighted by atomic mass is 9.97. The van der Waals surface area contributed by atoms with E-state index in [1.807, 2.05) is 0 Å². The zero-order chi connectivity index (χ0) is 11.2. The van der Waals surface area contributed by atoms with Crippen molar-refractivity contribution in [3.63, 3.8) is 0 Å². The molecule has 2 rings (SSSR count). The molecule has 1 aliphatic rings. The number of aliphatic hydroxyl groups excluding tert-OH is 1. The molecule has 0 radical (unpaired) electrons. The monoisotopic (exact) mass is 218 g/mol. The van der Waals surface area contributed by atoms with Crippen molar-refractivity contribution in [2.24, 2.45) is 5.92 Å². The van der Waals surface area contributed by atoms with Crippen LogP contribution in [0.5, 0.6) is 0 Å². The fourth-order valence-corrected chi connectivity index (χ4v) is 2.73. The van der Waals surface area contributed by atoms with Crippen LogP contribution >= 0.6 is 0 Å². The Bertz CT molecular complexity index is 294. The molecule has 2 unspecified atom stereocenters. The summed E-state index contributed by atoms with van der Waals surface area (Å²) < 4.78 is 0. The normalized spacial score (nSPS) is 24.8. The summed E-state index contributed by atoms with van der Waals surface area (Å²) in [6.45, 7) is 0. The molecule has 0 spiro atoms. The second-order valence-corrected chi connectivity index (χ2v) is 4.99. The average Bonchev–Trinajstić information content (AvgIpc) is 2.72. The molecule has 1 heteroatoms. The molecule has 1 nitrogen and oxygen atoms in total. The fourth-order valence-electron chi connectivity index (χ4n) is 2.73. The fraction of sp³-hybridized carbons (Fsp3) is 0.600. The van der Waals surface area contributed by atoms with Gasteiger partial charge in [-0.05, 0) is 43.6 Å². The third-order valence-electron chi connectivity index (χ3n) is 3.75. The molecule has 1 aliphatic carbocycles. The van der Waals surface area contributed by atoms with E-state index in [1.54, 1.807) is 0 Å². The topological polar surface area (TPSA) is 20.2 Å². The van der Waals surface area contributed by atoms with Crippen molar-refractivity contribution >= 4 is 0 Å². The Morgan fingerprint density at radius 2 is 1.88 bits per heavy atom. The van der Waals surface area contributed by atoms with Crippen LogP contribution in [0.2, 0.25) is 0 Å². The van der Waals surface area contributed by atoms with Crippen molar-refractivity contribution in [3.8, 4) is 0 Å². The van der Waals surface area contributed by atoms with E-state index in [4.69, 9.17) is 0 Å². The van der Waals surface area contributed by atoms with Gasteiger partial charge in [0.2, 0.25) is 0 Å². The molecule has 1 aromatic carbocycles. The first-order valence-electron chi connectivity index (χ1n) is 6.58. The summed E-state index contributed by atoms with van der Waals surface area (Å²) in [5, 5.41) is 9.71. The van der Waals surface area contributed by atoms with E-state index in [1.165, 1.54) is 44.1 Å². The van der Waals surface area contributed by atoms with Crippen LogP contribution in [0.15, 0.2) is 30.3 Å². The Morgan fingerprint density at radius 1 is 1.06 bits per heavy atom. The van der Waals surface area contributed by atoms with Crippen LogP contribution in [0.3, 0.4) is 0 Å². The molecular formula is C15H22O. The average molecular weight is 218 g/mol. The van der Waals surface area contributed by atoms with Gasteiger partial charge >= 0.3 is 0 Å². The Hall–Kier alpha value is -0.820. The maximum absolute atomic E-state index is 9.71. The Labute approximate surface area is 98.5 Å². The van der Waals surface area contributed by atoms with E-state index in [2.05, 4.69) is 30.3 Å². The summed E-state index contributed by atoms with van der Waals surface area (Å²) in [4.78, 5) is 0. The van der Waals surface area contributed by atoms with Crippen molar-refractivity contribution in [2.75, 3.05) is 0 Å². The molecule has 1 saturated carbocycles. The zero-order valence-corrected chi connectivity index (χ0v) is 9.94. The number of hydrogen-bond acceptors (Lipinski definition) is 1. The lowest BCUT2D eigenvalue weighted by Gasteiger charge is -2.13. The van der Waals surface area contributed by atoms with Crippen LogP contribution in [0.1, 0.15) is 44.1 Å². The molecule has 2 atom stereocenters. The minimum absolute atomic E-state index is 0.00303. The molecule has 0 aliphatic heterocycles. The van der Waals surface area contributed by atoms with Crippen LogP contribution in [-0.2, 0) is 6.42 Å². The molecule has 0 aromatic heterocycles. The van der Waals surface area contributed by atoms with Crippen LogP contribution < -0.4 is 0 Å². The van der Waals surface area contributed by atoms with Crippen LogP contribution in [0.25, 0.3) is 0 Å². The van der Waals surface area contributed by atoms with Gasteiger partial charge in [0, 0.05) is 0 Å². The number of hydrogen-bond donors (Lipinski definition) is 1. The van der Waals surface area contributed by atoms with Crippen molar-refractivity contribution in [1.82, 2.24) is 0 Å². The third kappa shape index (κ3) is 3.34. The molecule has 88 valence electrons. The maximum atomic E-state index is 9.71. The molecule has 1 fully saturated rings. The molecule has 0 heterocycles. The third-order valence-corrected chi connectivity index (χ3v) is 3.75. The first-order chi connectivity index (χ1) is 7.86. The van der Waals surface area contributed by atoms with E-state index in [0.717, 1.165) is 6.42 Å². The smallest absolute Gasteiger partial charge is 0.0568 e. The predicted molar refractivity (Wildman–Crippen MR) is 67.3 cm³/mol. The van der Waals surface area contributed by atoms with Crippen LogP contribution in [-0.4, -0.2) is 11.2 Å². The van der Waals surface area contributed by atoms with Gasteiger partial charge in [0.05, 0.1) is 6.10 Å². The van der Waals surface area contributed by atoms with E-state index in [9.17, 15) is 5.11 Å². The van der Waals surface area contributed by atoms with Gasteiger partial charge in [-0.1, -0.05) is 43.2 Å². The van der Waals surface area contributed by atoms with E-state index in [0.29, 0.717) is 5.92 Å². The van der Waals surface area contributed by atoms with Gasteiger partial charge in [-0.15, -0.1) is 0 Å². The van der Waals surface area contributed by atoms with Crippen molar-refractivity contribution in [2.45, 2.75) is 51.0 Å². The quantitative estimate of drug-likeness (QED) is 0.749. The number of aryl methyl sites for hydroxylation is 1. The molecule has 0 saturated heterocycles. The Morgan fingerprint density at radius 3 is 2.56 bits per heavy atom. The van der Waals surface area contributed by atoms with Gasteiger partial charge in [-0.3, -0.25) is 0 Å². The van der Waals surface area contributed by atoms with Crippen LogP contribution in [0.4, 0.5) is 0 Å². The van der Waals surface area contributed by atoms with Gasteiger partial charge in [0.1, 0.15) is 0 Å². The minimum atomic E-state index is -0.00303. The van der Waals surface area contributed by atoms with E-state index >= 15 is 0 Å². The maximum Gasteiger partial charge on any atom is 0.0568 e. The van der Waals surface area contributed by atoms with Gasteiger partial charge < -0.3 is 5.11 Å². The zero-order valence-electron chi connectivity index (χ0n) is 9.94. The number of rotatable bonds is 5. The standard InChI is InChI=1S/C15H22O/c16-15-12-6-11-14(15)10-5-4-9-13-7-2-1-3-8-13/h1-3,7-8,14-16H,4-6,9-12H2. The lowest BCUT2D eigenvalue weighted by Crippen LogP contribution is -2.12. The first kappa shape index (κ1) is 11.7. The highest BCUT2D eigenvalue weighted by Gasteiger charge is 2.24.